The lowest BCUT2D eigenvalue weighted by Gasteiger charge is -2.07. The van der Waals surface area contributed by atoms with Crippen molar-refractivity contribution in [2.75, 3.05) is 5.32 Å². The quantitative estimate of drug-likeness (QED) is 0.493. The second kappa shape index (κ2) is 7.34. The number of amides is 2. The van der Waals surface area contributed by atoms with Gasteiger partial charge in [0.15, 0.2) is 5.13 Å². The summed E-state index contributed by atoms with van der Waals surface area (Å²) < 4.78 is 5.51. The fourth-order valence-corrected chi connectivity index (χ4v) is 4.02. The van der Waals surface area contributed by atoms with Crippen molar-refractivity contribution in [3.63, 3.8) is 0 Å². The summed E-state index contributed by atoms with van der Waals surface area (Å²) in [5.41, 5.74) is 8.76. The highest BCUT2D eigenvalue weighted by atomic mass is 32.1. The lowest BCUT2D eigenvalue weighted by Crippen LogP contribution is -2.15. The van der Waals surface area contributed by atoms with Gasteiger partial charge in [-0.2, -0.15) is 0 Å². The Morgan fingerprint density at radius 3 is 2.73 bits per heavy atom. The minimum absolute atomic E-state index is 0.0293. The summed E-state index contributed by atoms with van der Waals surface area (Å²) in [5.74, 6) is -0.460. The first kappa shape index (κ1) is 18.4. The molecule has 1 aliphatic rings. The number of carbonyl (C=O) groups excluding carboxylic acids is 2. The molecule has 0 aliphatic heterocycles. The Kier molecular flexibility index (Phi) is 4.51. The van der Waals surface area contributed by atoms with Gasteiger partial charge in [0.2, 0.25) is 5.91 Å². The highest BCUT2D eigenvalue weighted by Crippen LogP contribution is 2.41. The molecule has 0 atom stereocenters. The number of rotatable bonds is 6. The number of primary amides is 1. The predicted octanol–water partition coefficient (Wildman–Crippen LogP) is 3.50. The molecule has 0 saturated heterocycles. The lowest BCUT2D eigenvalue weighted by molar-refractivity contribution is -0.117. The Bertz CT molecular complexity index is 1260. The van der Waals surface area contributed by atoms with Gasteiger partial charge in [-0.1, -0.05) is 35.5 Å². The van der Waals surface area contributed by atoms with Crippen LogP contribution in [0.4, 0.5) is 5.13 Å². The highest BCUT2D eigenvalue weighted by molar-refractivity contribution is 7.14. The van der Waals surface area contributed by atoms with Crippen molar-refractivity contribution < 1.29 is 14.1 Å². The normalized spacial score (nSPS) is 13.5. The molecule has 0 radical (unpaired) electrons. The average molecular weight is 419 g/mol. The number of nitrogens with one attached hydrogen (secondary N) is 1. The molecule has 0 bridgehead atoms. The van der Waals surface area contributed by atoms with Crippen molar-refractivity contribution in [1.29, 1.82) is 0 Å². The van der Waals surface area contributed by atoms with Gasteiger partial charge in [-0.3, -0.25) is 14.9 Å². The van der Waals surface area contributed by atoms with E-state index in [1.807, 2.05) is 36.4 Å². The molecule has 4 aromatic rings. The van der Waals surface area contributed by atoms with Crippen molar-refractivity contribution in [2.45, 2.75) is 25.2 Å². The van der Waals surface area contributed by atoms with Crippen molar-refractivity contribution in [2.24, 2.45) is 5.73 Å². The zero-order valence-electron chi connectivity index (χ0n) is 15.8. The van der Waals surface area contributed by atoms with Gasteiger partial charge in [0.25, 0.3) is 11.6 Å². The van der Waals surface area contributed by atoms with Crippen molar-refractivity contribution in [3.8, 4) is 11.3 Å². The monoisotopic (exact) mass is 419 g/mol. The van der Waals surface area contributed by atoms with Crippen molar-refractivity contribution >= 4 is 39.4 Å². The van der Waals surface area contributed by atoms with E-state index in [0.717, 1.165) is 24.1 Å². The van der Waals surface area contributed by atoms with Gasteiger partial charge in [-0.25, -0.2) is 9.97 Å². The molecule has 1 aromatic carbocycles. The third-order valence-electron chi connectivity index (χ3n) is 4.88. The van der Waals surface area contributed by atoms with Gasteiger partial charge in [-0.15, -0.1) is 11.3 Å². The van der Waals surface area contributed by atoms with Crippen molar-refractivity contribution in [3.05, 3.63) is 58.7 Å². The smallest absolute Gasteiger partial charge is 0.259 e. The van der Waals surface area contributed by atoms with E-state index >= 15 is 0 Å². The van der Waals surface area contributed by atoms with Crippen LogP contribution in [0.2, 0.25) is 0 Å². The molecular weight excluding hydrogens is 402 g/mol. The van der Waals surface area contributed by atoms with Gasteiger partial charge in [-0.05, 0) is 18.9 Å². The molecule has 3 N–H and O–H groups in total. The molecule has 9 heteroatoms. The number of carbonyl (C=O) groups is 2. The Labute approximate surface area is 175 Å². The van der Waals surface area contributed by atoms with Crippen LogP contribution in [-0.2, 0) is 11.2 Å². The Balaban J connectivity index is 1.56. The number of fused-ring (bicyclic) bond motifs is 1. The molecule has 150 valence electrons. The van der Waals surface area contributed by atoms with Crippen LogP contribution in [0.1, 0.15) is 40.5 Å². The molecule has 3 aromatic heterocycles. The van der Waals surface area contributed by atoms with Gasteiger partial charge < -0.3 is 10.3 Å². The van der Waals surface area contributed by atoms with Crippen LogP contribution in [0.3, 0.4) is 0 Å². The van der Waals surface area contributed by atoms with Crippen LogP contribution in [0.5, 0.6) is 0 Å². The molecule has 3 heterocycles. The topological polar surface area (TPSA) is 124 Å². The zero-order valence-corrected chi connectivity index (χ0v) is 16.6. The zero-order chi connectivity index (χ0) is 20.7. The maximum atomic E-state index is 13.2. The van der Waals surface area contributed by atoms with Crippen LogP contribution < -0.4 is 11.1 Å². The van der Waals surface area contributed by atoms with E-state index in [1.54, 1.807) is 5.38 Å². The number of hydrogen-bond donors (Lipinski definition) is 2. The second-order valence-electron chi connectivity index (χ2n) is 7.19. The highest BCUT2D eigenvalue weighted by Gasteiger charge is 2.29. The number of nitrogens with zero attached hydrogens (tertiary/aromatic N) is 3. The minimum Gasteiger partial charge on any atom is -0.369 e. The third kappa shape index (κ3) is 3.55. The van der Waals surface area contributed by atoms with Crippen LogP contribution in [0.25, 0.3) is 22.4 Å². The van der Waals surface area contributed by atoms with Crippen LogP contribution >= 0.6 is 11.3 Å². The number of aromatic nitrogens is 3. The number of benzene rings is 1. The lowest BCUT2D eigenvalue weighted by atomic mass is 10.0. The van der Waals surface area contributed by atoms with Gasteiger partial charge in [0.1, 0.15) is 5.69 Å². The Hall–Kier alpha value is -3.59. The van der Waals surface area contributed by atoms with Gasteiger partial charge >= 0.3 is 0 Å². The van der Waals surface area contributed by atoms with Crippen LogP contribution in [-0.4, -0.2) is 26.9 Å². The fourth-order valence-electron chi connectivity index (χ4n) is 3.32. The first-order chi connectivity index (χ1) is 14.6. The number of thiazole rings is 1. The number of hydrogen-bond acceptors (Lipinski definition) is 7. The summed E-state index contributed by atoms with van der Waals surface area (Å²) in [4.78, 5) is 33.2. The third-order valence-corrected chi connectivity index (χ3v) is 5.69. The summed E-state index contributed by atoms with van der Waals surface area (Å²) in [6, 6.07) is 11.3. The first-order valence-electron chi connectivity index (χ1n) is 9.48. The van der Waals surface area contributed by atoms with E-state index in [4.69, 9.17) is 10.3 Å². The van der Waals surface area contributed by atoms with Crippen molar-refractivity contribution in [1.82, 2.24) is 15.1 Å². The van der Waals surface area contributed by atoms with Gasteiger partial charge in [0, 0.05) is 22.6 Å². The largest absolute Gasteiger partial charge is 0.369 e. The number of nitrogens with two attached hydrogens (primary N) is 1. The van der Waals surface area contributed by atoms with Crippen LogP contribution in [0, 0.1) is 0 Å². The summed E-state index contributed by atoms with van der Waals surface area (Å²) in [6.07, 6.45) is 2.12. The molecule has 0 unspecified atom stereocenters. The van der Waals surface area contributed by atoms with E-state index < -0.39 is 5.91 Å². The first-order valence-corrected chi connectivity index (χ1v) is 10.4. The average Bonchev–Trinajstić information content (AvgIpc) is 3.36. The molecule has 30 heavy (non-hydrogen) atoms. The summed E-state index contributed by atoms with van der Waals surface area (Å²) in [7, 11) is 0. The van der Waals surface area contributed by atoms with E-state index in [0.29, 0.717) is 39.1 Å². The van der Waals surface area contributed by atoms with E-state index in [-0.39, 0.29) is 12.3 Å². The molecule has 1 saturated carbocycles. The maximum absolute atomic E-state index is 13.2. The minimum atomic E-state index is -0.472. The standard InChI is InChI=1S/C21H17N5O3S/c22-16(27)8-13-10-30-21(23-13)25-19(28)14-9-15(11-6-7-11)24-20-17(14)18(26-29-20)12-4-2-1-3-5-12/h1-5,9-11H,6-8H2,(H2,22,27)(H,23,25,28). The molecule has 8 nitrogen and oxygen atoms in total. The summed E-state index contributed by atoms with van der Waals surface area (Å²) >= 11 is 1.24. The molecule has 5 rings (SSSR count). The number of anilines is 1. The fraction of sp³-hybridized carbons (Fsp3) is 0.190. The molecular formula is C21H17N5O3S. The summed E-state index contributed by atoms with van der Waals surface area (Å²) in [6.45, 7) is 0. The van der Waals surface area contributed by atoms with E-state index in [9.17, 15) is 9.59 Å². The maximum Gasteiger partial charge on any atom is 0.259 e. The predicted molar refractivity (Wildman–Crippen MR) is 112 cm³/mol. The van der Waals surface area contributed by atoms with Crippen LogP contribution in [0.15, 0.2) is 46.3 Å². The Morgan fingerprint density at radius 1 is 1.20 bits per heavy atom. The number of pyridine rings is 1. The van der Waals surface area contributed by atoms with E-state index in [1.165, 1.54) is 11.3 Å². The molecule has 1 aliphatic carbocycles. The molecule has 0 spiro atoms. The molecule has 1 fully saturated rings. The molecule has 2 amide bonds. The summed E-state index contributed by atoms with van der Waals surface area (Å²) in [5, 5.41) is 9.67. The van der Waals surface area contributed by atoms with Gasteiger partial charge in [0.05, 0.1) is 23.1 Å². The second-order valence-corrected chi connectivity index (χ2v) is 8.05. The van der Waals surface area contributed by atoms with E-state index in [2.05, 4.69) is 20.4 Å². The SMILES string of the molecule is NC(=O)Cc1csc(NC(=O)c2cc(C3CC3)nc3onc(-c4ccccc4)c23)n1. The Morgan fingerprint density at radius 2 is 2.00 bits per heavy atom.